The molecule has 33 heavy (non-hydrogen) atoms. The van der Waals surface area contributed by atoms with Gasteiger partial charge in [0.15, 0.2) is 0 Å². The van der Waals surface area contributed by atoms with Crippen molar-refractivity contribution in [3.8, 4) is 0 Å². The standard InChI is InChI=1S/C26H44O.3C2H6/c1-18(2)7-5-6-8-19-10-12-23-22-11-9-20-17-21(27)13-15-26(20,4)24(22)14-16-25(19,23)3;3*1-2/h9,18-19,21-24,27H,5-8,10-17H2,1-4H3;3*1-2H3. The molecule has 0 aromatic carbocycles. The van der Waals surface area contributed by atoms with Crippen molar-refractivity contribution in [2.75, 3.05) is 0 Å². The van der Waals surface area contributed by atoms with Gasteiger partial charge in [-0.25, -0.2) is 0 Å². The van der Waals surface area contributed by atoms with E-state index in [1.165, 1.54) is 64.2 Å². The number of aliphatic hydroxyl groups excluding tert-OH is 1. The average molecular weight is 463 g/mol. The van der Waals surface area contributed by atoms with Gasteiger partial charge in [0.25, 0.3) is 0 Å². The van der Waals surface area contributed by atoms with Gasteiger partial charge in [0.2, 0.25) is 0 Å². The molecule has 0 bridgehead atoms. The Morgan fingerprint density at radius 2 is 1.55 bits per heavy atom. The number of unbranched alkanes of at least 4 members (excludes halogenated alkanes) is 1. The Bertz CT molecular complexity index is 563. The highest BCUT2D eigenvalue weighted by Crippen LogP contribution is 2.66. The van der Waals surface area contributed by atoms with Gasteiger partial charge in [0, 0.05) is 0 Å². The summed E-state index contributed by atoms with van der Waals surface area (Å²) >= 11 is 0. The van der Waals surface area contributed by atoms with E-state index in [0.29, 0.717) is 10.8 Å². The lowest BCUT2D eigenvalue weighted by molar-refractivity contribution is -0.0508. The second kappa shape index (κ2) is 14.3. The second-order valence-corrected chi connectivity index (χ2v) is 11.7. The first-order chi connectivity index (χ1) is 15.8. The predicted octanol–water partition coefficient (Wildman–Crippen LogP) is 10.2. The zero-order chi connectivity index (χ0) is 25.2. The third kappa shape index (κ3) is 6.68. The molecule has 0 spiro atoms. The average Bonchev–Trinajstić information content (AvgIpc) is 3.17. The fourth-order valence-corrected chi connectivity index (χ4v) is 8.17. The minimum absolute atomic E-state index is 0.0727. The van der Waals surface area contributed by atoms with Crippen LogP contribution in [0.1, 0.15) is 146 Å². The van der Waals surface area contributed by atoms with Gasteiger partial charge in [-0.15, -0.1) is 0 Å². The third-order valence-corrected chi connectivity index (χ3v) is 9.86. The highest BCUT2D eigenvalue weighted by atomic mass is 16.3. The summed E-state index contributed by atoms with van der Waals surface area (Å²) in [4.78, 5) is 0. The molecule has 3 saturated carbocycles. The van der Waals surface area contributed by atoms with E-state index in [4.69, 9.17) is 0 Å². The minimum atomic E-state index is -0.0727. The molecule has 196 valence electrons. The molecule has 0 heterocycles. The monoisotopic (exact) mass is 462 g/mol. The van der Waals surface area contributed by atoms with E-state index in [1.807, 2.05) is 41.5 Å². The summed E-state index contributed by atoms with van der Waals surface area (Å²) in [6.07, 6.45) is 18.7. The lowest BCUT2D eigenvalue weighted by atomic mass is 9.47. The minimum Gasteiger partial charge on any atom is -0.393 e. The second-order valence-electron chi connectivity index (χ2n) is 11.7. The molecule has 0 aromatic rings. The fourth-order valence-electron chi connectivity index (χ4n) is 8.17. The summed E-state index contributed by atoms with van der Waals surface area (Å²) in [7, 11) is 0. The molecule has 4 aliphatic rings. The third-order valence-electron chi connectivity index (χ3n) is 9.86. The summed E-state index contributed by atoms with van der Waals surface area (Å²) in [5, 5.41) is 10.2. The van der Waals surface area contributed by atoms with Crippen molar-refractivity contribution in [2.45, 2.75) is 152 Å². The molecule has 4 aliphatic carbocycles. The Hall–Kier alpha value is -0.300. The fraction of sp³-hybridized carbons (Fsp3) is 0.938. The van der Waals surface area contributed by atoms with E-state index in [1.54, 1.807) is 5.57 Å². The summed E-state index contributed by atoms with van der Waals surface area (Å²) in [5.74, 6) is 4.64. The molecule has 0 aromatic heterocycles. The molecular formula is C32H62O. The van der Waals surface area contributed by atoms with Crippen LogP contribution in [0.25, 0.3) is 0 Å². The van der Waals surface area contributed by atoms with Gasteiger partial charge in [-0.2, -0.15) is 0 Å². The molecule has 1 nitrogen and oxygen atoms in total. The van der Waals surface area contributed by atoms with Gasteiger partial charge in [0.1, 0.15) is 0 Å². The van der Waals surface area contributed by atoms with Crippen LogP contribution in [0.5, 0.6) is 0 Å². The first-order valence-corrected chi connectivity index (χ1v) is 15.2. The highest BCUT2D eigenvalue weighted by molar-refractivity contribution is 5.25. The largest absolute Gasteiger partial charge is 0.393 e. The first kappa shape index (κ1) is 30.7. The van der Waals surface area contributed by atoms with E-state index >= 15 is 0 Å². The van der Waals surface area contributed by atoms with Gasteiger partial charge in [-0.1, -0.05) is 100 Å². The van der Waals surface area contributed by atoms with Crippen molar-refractivity contribution in [1.82, 2.24) is 0 Å². The Morgan fingerprint density at radius 3 is 2.18 bits per heavy atom. The Morgan fingerprint density at radius 1 is 0.879 bits per heavy atom. The number of aliphatic hydroxyl groups is 1. The molecule has 7 atom stereocenters. The summed E-state index contributed by atoms with van der Waals surface area (Å²) < 4.78 is 0. The Kier molecular flexibility index (Phi) is 13.3. The summed E-state index contributed by atoms with van der Waals surface area (Å²) in [6, 6.07) is 0. The van der Waals surface area contributed by atoms with Crippen molar-refractivity contribution in [3.05, 3.63) is 11.6 Å². The van der Waals surface area contributed by atoms with Gasteiger partial charge in [-0.05, 0) is 98.2 Å². The summed E-state index contributed by atoms with van der Waals surface area (Å²) in [6.45, 7) is 22.0. The zero-order valence-electron chi connectivity index (χ0n) is 24.5. The summed E-state index contributed by atoms with van der Waals surface area (Å²) in [5.41, 5.74) is 2.64. The molecule has 1 heteroatoms. The van der Waals surface area contributed by atoms with Crippen LogP contribution in [-0.2, 0) is 0 Å². The van der Waals surface area contributed by atoms with Crippen LogP contribution in [0.3, 0.4) is 0 Å². The molecule has 1 N–H and O–H groups in total. The normalized spacial score (nSPS) is 38.7. The van der Waals surface area contributed by atoms with Crippen LogP contribution >= 0.6 is 0 Å². The molecular weight excluding hydrogens is 400 g/mol. The van der Waals surface area contributed by atoms with E-state index in [0.717, 1.165) is 42.4 Å². The van der Waals surface area contributed by atoms with Gasteiger partial charge in [-0.3, -0.25) is 0 Å². The predicted molar refractivity (Wildman–Crippen MR) is 149 cm³/mol. The van der Waals surface area contributed by atoms with E-state index in [9.17, 15) is 5.11 Å². The van der Waals surface area contributed by atoms with Crippen LogP contribution in [0.4, 0.5) is 0 Å². The van der Waals surface area contributed by atoms with Crippen LogP contribution in [-0.4, -0.2) is 11.2 Å². The van der Waals surface area contributed by atoms with Crippen molar-refractivity contribution in [1.29, 1.82) is 0 Å². The van der Waals surface area contributed by atoms with E-state index < -0.39 is 0 Å². The number of hydrogen-bond donors (Lipinski definition) is 1. The van der Waals surface area contributed by atoms with Crippen LogP contribution in [0.2, 0.25) is 0 Å². The van der Waals surface area contributed by atoms with Gasteiger partial charge >= 0.3 is 0 Å². The number of hydrogen-bond acceptors (Lipinski definition) is 1. The molecule has 4 rings (SSSR count). The SMILES string of the molecule is CC.CC.CC.CC(C)CCCCC1CCC2C3CC=C4CC(O)CCC4(C)C3CCC12C. The molecule has 0 radical (unpaired) electrons. The van der Waals surface area contributed by atoms with E-state index in [-0.39, 0.29) is 6.10 Å². The molecule has 3 fully saturated rings. The number of fused-ring (bicyclic) bond motifs is 5. The van der Waals surface area contributed by atoms with Crippen molar-refractivity contribution >= 4 is 0 Å². The van der Waals surface area contributed by atoms with Gasteiger partial charge in [0.05, 0.1) is 6.10 Å². The Labute approximate surface area is 209 Å². The topological polar surface area (TPSA) is 20.2 Å². The zero-order valence-corrected chi connectivity index (χ0v) is 24.5. The smallest absolute Gasteiger partial charge is 0.0577 e. The first-order valence-electron chi connectivity index (χ1n) is 15.2. The van der Waals surface area contributed by atoms with Crippen LogP contribution < -0.4 is 0 Å². The lowest BCUT2D eigenvalue weighted by Crippen LogP contribution is -2.50. The van der Waals surface area contributed by atoms with Crippen molar-refractivity contribution in [2.24, 2.45) is 40.4 Å². The highest BCUT2D eigenvalue weighted by Gasteiger charge is 2.58. The van der Waals surface area contributed by atoms with Crippen LogP contribution in [0.15, 0.2) is 11.6 Å². The molecule has 0 saturated heterocycles. The maximum atomic E-state index is 10.2. The maximum absolute atomic E-state index is 10.2. The van der Waals surface area contributed by atoms with Crippen molar-refractivity contribution in [3.63, 3.8) is 0 Å². The maximum Gasteiger partial charge on any atom is 0.0577 e. The van der Waals surface area contributed by atoms with Crippen molar-refractivity contribution < 1.29 is 5.11 Å². The Balaban J connectivity index is 0.000000841. The van der Waals surface area contributed by atoms with Gasteiger partial charge < -0.3 is 5.11 Å². The van der Waals surface area contributed by atoms with E-state index in [2.05, 4.69) is 33.8 Å². The lowest BCUT2D eigenvalue weighted by Gasteiger charge is -2.58. The quantitative estimate of drug-likeness (QED) is 0.318. The number of rotatable bonds is 5. The molecule has 7 unspecified atom stereocenters. The van der Waals surface area contributed by atoms with Crippen LogP contribution in [0, 0.1) is 40.4 Å². The molecule has 0 amide bonds. The number of allylic oxidation sites excluding steroid dienone is 1. The molecule has 0 aliphatic heterocycles.